The van der Waals surface area contributed by atoms with Crippen molar-refractivity contribution in [2.45, 2.75) is 23.6 Å². The van der Waals surface area contributed by atoms with Crippen LogP contribution in [0.4, 0.5) is 0 Å². The molecule has 1 aliphatic rings. The third-order valence-electron chi connectivity index (χ3n) is 2.74. The standard InChI is InChI=1S/C10H12BrNO4S2/c1-10(2)9(13)16-6-5-12(10)18(14,15)8-4-3-7(11)17-8/h3-4H,5-6H2,1-2H3. The Kier molecular flexibility index (Phi) is 3.56. The van der Waals surface area contributed by atoms with Crippen LogP contribution in [0.1, 0.15) is 13.8 Å². The maximum Gasteiger partial charge on any atom is 0.327 e. The Morgan fingerprint density at radius 1 is 1.44 bits per heavy atom. The molecule has 0 bridgehead atoms. The van der Waals surface area contributed by atoms with E-state index < -0.39 is 21.5 Å². The summed E-state index contributed by atoms with van der Waals surface area (Å²) in [5.74, 6) is -0.520. The Bertz CT molecular complexity index is 578. The van der Waals surface area contributed by atoms with Crippen molar-refractivity contribution in [3.63, 3.8) is 0 Å². The quantitative estimate of drug-likeness (QED) is 0.761. The number of rotatable bonds is 2. The minimum Gasteiger partial charge on any atom is -0.463 e. The number of halogens is 1. The molecule has 5 nitrogen and oxygen atoms in total. The molecule has 0 N–H and O–H groups in total. The Balaban J connectivity index is 2.44. The SMILES string of the molecule is CC1(C)C(=O)OCCN1S(=O)(=O)c1ccc(Br)s1. The number of nitrogens with zero attached hydrogens (tertiary/aromatic N) is 1. The van der Waals surface area contributed by atoms with Crippen LogP contribution in [-0.2, 0) is 19.6 Å². The van der Waals surface area contributed by atoms with E-state index in [0.29, 0.717) is 0 Å². The van der Waals surface area contributed by atoms with E-state index in [-0.39, 0.29) is 17.4 Å². The van der Waals surface area contributed by atoms with Gasteiger partial charge in [-0.2, -0.15) is 4.31 Å². The highest BCUT2D eigenvalue weighted by atomic mass is 79.9. The molecule has 18 heavy (non-hydrogen) atoms. The zero-order valence-corrected chi connectivity index (χ0v) is 13.1. The minimum atomic E-state index is -3.66. The van der Waals surface area contributed by atoms with Crippen LogP contribution < -0.4 is 0 Å². The number of morpholine rings is 1. The van der Waals surface area contributed by atoms with E-state index in [1.807, 2.05) is 0 Å². The average Bonchev–Trinajstić information content (AvgIpc) is 2.69. The summed E-state index contributed by atoms with van der Waals surface area (Å²) in [6, 6.07) is 3.20. The first-order chi connectivity index (χ1) is 8.26. The molecular weight excluding hydrogens is 342 g/mol. The van der Waals surface area contributed by atoms with Gasteiger partial charge in [-0.3, -0.25) is 4.79 Å². The average molecular weight is 354 g/mol. The highest BCUT2D eigenvalue weighted by molar-refractivity contribution is 9.11. The first-order valence-corrected chi connectivity index (χ1v) is 8.26. The number of cyclic esters (lactones) is 1. The van der Waals surface area contributed by atoms with Gasteiger partial charge in [0, 0.05) is 6.54 Å². The molecule has 1 aliphatic heterocycles. The van der Waals surface area contributed by atoms with Crippen LogP contribution in [0.5, 0.6) is 0 Å². The normalized spacial score (nSPS) is 20.7. The lowest BCUT2D eigenvalue weighted by molar-refractivity contribution is -0.160. The van der Waals surface area contributed by atoms with Gasteiger partial charge in [0.05, 0.1) is 3.79 Å². The van der Waals surface area contributed by atoms with Gasteiger partial charge in [0.1, 0.15) is 16.4 Å². The first-order valence-electron chi connectivity index (χ1n) is 5.21. The molecule has 1 fully saturated rings. The lowest BCUT2D eigenvalue weighted by Crippen LogP contribution is -2.58. The first kappa shape index (κ1) is 14.0. The van der Waals surface area contributed by atoms with Crippen LogP contribution in [0.3, 0.4) is 0 Å². The van der Waals surface area contributed by atoms with Crippen molar-refractivity contribution in [2.24, 2.45) is 0 Å². The van der Waals surface area contributed by atoms with Crippen LogP contribution in [0.15, 0.2) is 20.1 Å². The lowest BCUT2D eigenvalue weighted by atomic mass is 10.1. The number of hydrogen-bond acceptors (Lipinski definition) is 5. The Hall–Kier alpha value is -0.440. The molecule has 0 saturated carbocycles. The molecule has 1 aromatic heterocycles. The molecule has 2 heterocycles. The number of hydrogen-bond donors (Lipinski definition) is 0. The van der Waals surface area contributed by atoms with E-state index in [2.05, 4.69) is 15.9 Å². The summed E-state index contributed by atoms with van der Waals surface area (Å²) in [6.07, 6.45) is 0. The fourth-order valence-corrected chi connectivity index (χ4v) is 5.59. The van der Waals surface area contributed by atoms with Crippen LogP contribution in [0.25, 0.3) is 0 Å². The molecule has 0 spiro atoms. The van der Waals surface area contributed by atoms with Crippen molar-refractivity contribution >= 4 is 43.3 Å². The van der Waals surface area contributed by atoms with Crippen molar-refractivity contribution in [3.8, 4) is 0 Å². The Morgan fingerprint density at radius 3 is 2.67 bits per heavy atom. The van der Waals surface area contributed by atoms with E-state index in [4.69, 9.17) is 4.74 Å². The van der Waals surface area contributed by atoms with Crippen LogP contribution >= 0.6 is 27.3 Å². The largest absolute Gasteiger partial charge is 0.463 e. The molecule has 2 rings (SSSR count). The van der Waals surface area contributed by atoms with E-state index in [1.54, 1.807) is 19.9 Å². The Labute approximate surface area is 118 Å². The molecule has 100 valence electrons. The topological polar surface area (TPSA) is 63.7 Å². The maximum absolute atomic E-state index is 12.5. The fourth-order valence-electron chi connectivity index (χ4n) is 1.74. The molecule has 1 saturated heterocycles. The summed E-state index contributed by atoms with van der Waals surface area (Å²) in [5.41, 5.74) is -1.17. The highest BCUT2D eigenvalue weighted by Gasteiger charge is 2.46. The number of esters is 1. The van der Waals surface area contributed by atoms with Crippen molar-refractivity contribution in [1.82, 2.24) is 4.31 Å². The van der Waals surface area contributed by atoms with Gasteiger partial charge in [-0.15, -0.1) is 11.3 Å². The van der Waals surface area contributed by atoms with Crippen LogP contribution in [0, 0.1) is 0 Å². The second-order valence-corrected chi connectivity index (χ2v) is 8.88. The molecule has 0 amide bonds. The number of thiophene rings is 1. The van der Waals surface area contributed by atoms with Gasteiger partial charge in [-0.05, 0) is 41.9 Å². The monoisotopic (exact) mass is 353 g/mol. The molecule has 0 aromatic carbocycles. The van der Waals surface area contributed by atoms with E-state index in [0.717, 1.165) is 15.1 Å². The summed E-state index contributed by atoms with van der Waals surface area (Å²) in [6.45, 7) is 3.37. The summed E-state index contributed by atoms with van der Waals surface area (Å²) in [7, 11) is -3.66. The van der Waals surface area contributed by atoms with Crippen molar-refractivity contribution in [3.05, 3.63) is 15.9 Å². The fraction of sp³-hybridized carbons (Fsp3) is 0.500. The van der Waals surface area contributed by atoms with Gasteiger partial charge in [0.15, 0.2) is 0 Å². The second kappa shape index (κ2) is 4.59. The zero-order valence-electron chi connectivity index (χ0n) is 9.84. The minimum absolute atomic E-state index is 0.0913. The van der Waals surface area contributed by atoms with Gasteiger partial charge in [-0.1, -0.05) is 0 Å². The molecular formula is C10H12BrNO4S2. The van der Waals surface area contributed by atoms with Crippen molar-refractivity contribution in [1.29, 1.82) is 0 Å². The van der Waals surface area contributed by atoms with Gasteiger partial charge >= 0.3 is 5.97 Å². The summed E-state index contributed by atoms with van der Waals surface area (Å²) in [4.78, 5) is 11.7. The third-order valence-corrected chi connectivity index (χ3v) is 6.91. The second-order valence-electron chi connectivity index (χ2n) is 4.33. The summed E-state index contributed by atoms with van der Waals surface area (Å²) in [5, 5.41) is 0. The third kappa shape index (κ3) is 2.22. The lowest BCUT2D eigenvalue weighted by Gasteiger charge is -2.38. The van der Waals surface area contributed by atoms with Gasteiger partial charge < -0.3 is 4.74 Å². The number of carbonyl (C=O) groups is 1. The highest BCUT2D eigenvalue weighted by Crippen LogP contribution is 2.33. The molecule has 0 unspecified atom stereocenters. The predicted molar refractivity (Wildman–Crippen MR) is 70.9 cm³/mol. The van der Waals surface area contributed by atoms with Crippen LogP contribution in [-0.4, -0.2) is 37.4 Å². The van der Waals surface area contributed by atoms with E-state index in [9.17, 15) is 13.2 Å². The van der Waals surface area contributed by atoms with Gasteiger partial charge in [-0.25, -0.2) is 8.42 Å². The van der Waals surface area contributed by atoms with E-state index >= 15 is 0 Å². The van der Waals surface area contributed by atoms with Crippen LogP contribution in [0.2, 0.25) is 0 Å². The zero-order chi connectivity index (χ0) is 13.6. The number of ether oxygens (including phenoxy) is 1. The molecule has 1 aromatic rings. The smallest absolute Gasteiger partial charge is 0.327 e. The maximum atomic E-state index is 12.5. The molecule has 8 heteroatoms. The summed E-state index contributed by atoms with van der Waals surface area (Å²) >= 11 is 4.36. The van der Waals surface area contributed by atoms with Crippen molar-refractivity contribution < 1.29 is 17.9 Å². The van der Waals surface area contributed by atoms with Gasteiger partial charge in [0.25, 0.3) is 10.0 Å². The van der Waals surface area contributed by atoms with E-state index in [1.165, 1.54) is 10.4 Å². The van der Waals surface area contributed by atoms with Gasteiger partial charge in [0.2, 0.25) is 0 Å². The summed E-state index contributed by atoms with van der Waals surface area (Å²) < 4.78 is 32.0. The predicted octanol–water partition coefficient (Wildman–Crippen LogP) is 1.84. The molecule has 0 radical (unpaired) electrons. The number of sulfonamides is 1. The molecule has 0 aliphatic carbocycles. The Morgan fingerprint density at radius 2 is 2.11 bits per heavy atom. The number of carbonyl (C=O) groups excluding carboxylic acids is 1. The van der Waals surface area contributed by atoms with Crippen molar-refractivity contribution in [2.75, 3.05) is 13.2 Å². The molecule has 0 atom stereocenters.